The number of nitrogens with one attached hydrogen (secondary N) is 1. The molecule has 0 unspecified atom stereocenters. The van der Waals surface area contributed by atoms with E-state index in [-0.39, 0.29) is 11.3 Å². The van der Waals surface area contributed by atoms with Gasteiger partial charge in [-0.2, -0.15) is 14.0 Å². The molecule has 128 valence electrons. The fourth-order valence-electron chi connectivity index (χ4n) is 2.12. The first-order chi connectivity index (χ1) is 12.1. The highest BCUT2D eigenvalue weighted by Crippen LogP contribution is 2.16. The molecule has 0 aromatic heterocycles. The van der Waals surface area contributed by atoms with E-state index < -0.39 is 12.5 Å². The minimum Gasteiger partial charge on any atom is -0.435 e. The molecule has 0 spiro atoms. The first kappa shape index (κ1) is 18.1. The third-order valence-electron chi connectivity index (χ3n) is 3.32. The van der Waals surface area contributed by atoms with Crippen molar-refractivity contribution in [2.24, 2.45) is 0 Å². The van der Waals surface area contributed by atoms with Crippen LogP contribution in [0.25, 0.3) is 6.08 Å². The number of ether oxygens (including phenoxy) is 1. The van der Waals surface area contributed by atoms with Crippen LogP contribution in [0.3, 0.4) is 0 Å². The normalized spacial score (nSPS) is 11.0. The first-order valence-corrected chi connectivity index (χ1v) is 7.57. The van der Waals surface area contributed by atoms with E-state index in [0.717, 1.165) is 5.56 Å². The number of hydrogen-bond acceptors (Lipinski definition) is 3. The highest BCUT2D eigenvalue weighted by Gasteiger charge is 2.09. The van der Waals surface area contributed by atoms with Crippen LogP contribution in [-0.2, 0) is 11.2 Å². The summed E-state index contributed by atoms with van der Waals surface area (Å²) in [5, 5.41) is 11.8. The molecular formula is C19H16F2N2O2. The lowest BCUT2D eigenvalue weighted by Gasteiger charge is -2.06. The van der Waals surface area contributed by atoms with Crippen molar-refractivity contribution in [2.45, 2.75) is 13.0 Å². The van der Waals surface area contributed by atoms with Gasteiger partial charge in [-0.05, 0) is 35.8 Å². The number of halogens is 2. The molecule has 25 heavy (non-hydrogen) atoms. The van der Waals surface area contributed by atoms with Gasteiger partial charge in [-0.15, -0.1) is 0 Å². The zero-order chi connectivity index (χ0) is 18.1. The molecule has 0 saturated carbocycles. The van der Waals surface area contributed by atoms with Crippen molar-refractivity contribution < 1.29 is 18.3 Å². The number of carbonyl (C=O) groups is 1. The highest BCUT2D eigenvalue weighted by atomic mass is 19.3. The van der Waals surface area contributed by atoms with E-state index in [4.69, 9.17) is 5.26 Å². The van der Waals surface area contributed by atoms with Crippen LogP contribution in [0, 0.1) is 11.3 Å². The Kier molecular flexibility index (Phi) is 6.66. The maximum absolute atomic E-state index is 12.1. The smallest absolute Gasteiger partial charge is 0.387 e. The van der Waals surface area contributed by atoms with Crippen molar-refractivity contribution in [1.29, 1.82) is 5.26 Å². The maximum Gasteiger partial charge on any atom is 0.387 e. The molecule has 0 aliphatic rings. The zero-order valence-electron chi connectivity index (χ0n) is 13.3. The standard InChI is InChI=1S/C19H16F2N2O2/c20-19(21)25-17-8-6-15(7-9-17)12-16(13-22)18(24)23-11-10-14-4-2-1-3-5-14/h1-9,12,19H,10-11H2,(H,23,24)/b16-12+. The lowest BCUT2D eigenvalue weighted by Crippen LogP contribution is -2.26. The molecule has 6 heteroatoms. The number of amides is 1. The second-order valence-electron chi connectivity index (χ2n) is 5.11. The van der Waals surface area contributed by atoms with Crippen LogP contribution in [0.5, 0.6) is 5.75 Å². The highest BCUT2D eigenvalue weighted by molar-refractivity contribution is 6.01. The summed E-state index contributed by atoms with van der Waals surface area (Å²) >= 11 is 0. The van der Waals surface area contributed by atoms with E-state index in [2.05, 4.69) is 10.1 Å². The summed E-state index contributed by atoms with van der Waals surface area (Å²) in [4.78, 5) is 12.1. The largest absolute Gasteiger partial charge is 0.435 e. The Bertz CT molecular complexity index is 766. The molecule has 2 aromatic carbocycles. The van der Waals surface area contributed by atoms with Gasteiger partial charge in [0.05, 0.1) is 0 Å². The van der Waals surface area contributed by atoms with Crippen LogP contribution < -0.4 is 10.1 Å². The second-order valence-corrected chi connectivity index (χ2v) is 5.11. The number of carbonyl (C=O) groups excluding carboxylic acids is 1. The molecule has 0 aliphatic heterocycles. The monoisotopic (exact) mass is 342 g/mol. The Hall–Kier alpha value is -3.20. The summed E-state index contributed by atoms with van der Waals surface area (Å²) < 4.78 is 28.4. The first-order valence-electron chi connectivity index (χ1n) is 7.57. The molecule has 0 saturated heterocycles. The van der Waals surface area contributed by atoms with Gasteiger partial charge >= 0.3 is 6.61 Å². The van der Waals surface area contributed by atoms with E-state index in [1.54, 1.807) is 0 Å². The second kappa shape index (κ2) is 9.18. The molecular weight excluding hydrogens is 326 g/mol. The lowest BCUT2D eigenvalue weighted by atomic mass is 10.1. The van der Waals surface area contributed by atoms with Crippen LogP contribution >= 0.6 is 0 Å². The number of alkyl halides is 2. The summed E-state index contributed by atoms with van der Waals surface area (Å²) in [6.45, 7) is -2.49. The van der Waals surface area contributed by atoms with Crippen molar-refractivity contribution in [3.05, 3.63) is 71.3 Å². The molecule has 0 fully saturated rings. The predicted octanol–water partition coefficient (Wildman–Crippen LogP) is 3.55. The summed E-state index contributed by atoms with van der Waals surface area (Å²) in [6.07, 6.45) is 2.05. The van der Waals surface area contributed by atoms with E-state index in [0.29, 0.717) is 18.5 Å². The van der Waals surface area contributed by atoms with Crippen LogP contribution in [0.2, 0.25) is 0 Å². The van der Waals surface area contributed by atoms with Crippen molar-refractivity contribution in [3.63, 3.8) is 0 Å². The molecule has 0 heterocycles. The maximum atomic E-state index is 12.1. The Morgan fingerprint density at radius 1 is 1.16 bits per heavy atom. The Morgan fingerprint density at radius 3 is 2.44 bits per heavy atom. The van der Waals surface area contributed by atoms with Crippen LogP contribution in [0.1, 0.15) is 11.1 Å². The number of benzene rings is 2. The zero-order valence-corrected chi connectivity index (χ0v) is 13.3. The minimum atomic E-state index is -2.90. The van der Waals surface area contributed by atoms with E-state index in [9.17, 15) is 13.6 Å². The minimum absolute atomic E-state index is 0.0120. The van der Waals surface area contributed by atoms with Crippen molar-refractivity contribution in [1.82, 2.24) is 5.32 Å². The van der Waals surface area contributed by atoms with Gasteiger partial charge in [-0.25, -0.2) is 0 Å². The van der Waals surface area contributed by atoms with E-state index in [1.807, 2.05) is 36.4 Å². The molecule has 0 radical (unpaired) electrons. The summed E-state index contributed by atoms with van der Waals surface area (Å²) in [5.74, 6) is -0.468. The van der Waals surface area contributed by atoms with E-state index >= 15 is 0 Å². The van der Waals surface area contributed by atoms with Gasteiger partial charge < -0.3 is 10.1 Å². The third-order valence-corrected chi connectivity index (χ3v) is 3.32. The molecule has 1 N–H and O–H groups in total. The van der Waals surface area contributed by atoms with Crippen LogP contribution in [0.4, 0.5) is 8.78 Å². The van der Waals surface area contributed by atoms with Gasteiger partial charge in [0, 0.05) is 6.54 Å². The quantitative estimate of drug-likeness (QED) is 0.618. The molecule has 0 bridgehead atoms. The summed E-state index contributed by atoms with van der Waals surface area (Å²) in [6, 6.07) is 17.2. The molecule has 2 rings (SSSR count). The fourth-order valence-corrected chi connectivity index (χ4v) is 2.12. The summed E-state index contributed by atoms with van der Waals surface area (Å²) in [5.41, 5.74) is 1.56. The average molecular weight is 342 g/mol. The molecule has 4 nitrogen and oxygen atoms in total. The van der Waals surface area contributed by atoms with Gasteiger partial charge in [0.25, 0.3) is 5.91 Å². The van der Waals surface area contributed by atoms with Gasteiger partial charge in [0.15, 0.2) is 0 Å². The number of rotatable bonds is 7. The van der Waals surface area contributed by atoms with Gasteiger partial charge in [0.1, 0.15) is 17.4 Å². The summed E-state index contributed by atoms with van der Waals surface area (Å²) in [7, 11) is 0. The Morgan fingerprint density at radius 2 is 1.84 bits per heavy atom. The topological polar surface area (TPSA) is 62.1 Å². The van der Waals surface area contributed by atoms with Gasteiger partial charge in [0.2, 0.25) is 0 Å². The lowest BCUT2D eigenvalue weighted by molar-refractivity contribution is -0.117. The third kappa shape index (κ3) is 6.07. The van der Waals surface area contributed by atoms with Crippen LogP contribution in [-0.4, -0.2) is 19.1 Å². The Balaban J connectivity index is 1.94. The van der Waals surface area contributed by atoms with Crippen LogP contribution in [0.15, 0.2) is 60.2 Å². The molecule has 1 amide bonds. The Labute approximate surface area is 144 Å². The van der Waals surface area contributed by atoms with Gasteiger partial charge in [-0.1, -0.05) is 42.5 Å². The van der Waals surface area contributed by atoms with Crippen molar-refractivity contribution in [3.8, 4) is 11.8 Å². The number of nitriles is 1. The molecule has 0 atom stereocenters. The predicted molar refractivity (Wildman–Crippen MR) is 89.8 cm³/mol. The average Bonchev–Trinajstić information content (AvgIpc) is 2.61. The molecule has 0 aliphatic carbocycles. The van der Waals surface area contributed by atoms with E-state index in [1.165, 1.54) is 30.3 Å². The number of nitrogens with zero attached hydrogens (tertiary/aromatic N) is 1. The molecule has 2 aromatic rings. The van der Waals surface area contributed by atoms with Gasteiger partial charge in [-0.3, -0.25) is 4.79 Å². The SMILES string of the molecule is N#C/C(=C\c1ccc(OC(F)F)cc1)C(=O)NCCc1ccccc1. The van der Waals surface area contributed by atoms with Crippen molar-refractivity contribution >= 4 is 12.0 Å². The fraction of sp³-hybridized carbons (Fsp3) is 0.158. The van der Waals surface area contributed by atoms with Crippen molar-refractivity contribution in [2.75, 3.05) is 6.54 Å². The number of hydrogen-bond donors (Lipinski definition) is 1.